The molecule has 20 heavy (non-hydrogen) atoms. The van der Waals surface area contributed by atoms with Crippen LogP contribution in [0.5, 0.6) is 0 Å². The molecule has 0 bridgehead atoms. The lowest BCUT2D eigenvalue weighted by Gasteiger charge is -2.19. The summed E-state index contributed by atoms with van der Waals surface area (Å²) in [6.45, 7) is 5.31. The Balaban J connectivity index is 2.03. The number of hydrogen-bond acceptors (Lipinski definition) is 7. The SMILES string of the molecule is CC(C)(C)OC(=O)Nc1ncc(-c2cc(N)no2)cn1. The highest BCUT2D eigenvalue weighted by molar-refractivity contribution is 5.82. The van der Waals surface area contributed by atoms with Crippen LogP contribution in [0.1, 0.15) is 20.8 Å². The molecule has 0 unspecified atom stereocenters. The maximum Gasteiger partial charge on any atom is 0.414 e. The summed E-state index contributed by atoms with van der Waals surface area (Å²) < 4.78 is 10.1. The molecule has 0 spiro atoms. The third kappa shape index (κ3) is 3.67. The molecule has 2 aromatic rings. The van der Waals surface area contributed by atoms with Gasteiger partial charge in [-0.05, 0) is 20.8 Å². The number of aromatic nitrogens is 3. The van der Waals surface area contributed by atoms with Gasteiger partial charge in [-0.3, -0.25) is 5.32 Å². The fourth-order valence-electron chi connectivity index (χ4n) is 1.34. The smallest absolute Gasteiger partial charge is 0.414 e. The second-order valence-electron chi connectivity index (χ2n) is 5.04. The summed E-state index contributed by atoms with van der Waals surface area (Å²) in [5.41, 5.74) is 5.47. The van der Waals surface area contributed by atoms with Crippen LogP contribution in [0.15, 0.2) is 23.0 Å². The molecule has 0 aromatic carbocycles. The Bertz CT molecular complexity index is 600. The molecule has 0 saturated heterocycles. The van der Waals surface area contributed by atoms with E-state index >= 15 is 0 Å². The van der Waals surface area contributed by atoms with E-state index in [4.69, 9.17) is 15.0 Å². The number of nitrogen functional groups attached to an aromatic ring is 1. The Labute approximate surface area is 115 Å². The molecule has 0 aliphatic rings. The molecule has 1 amide bonds. The fraction of sp³-hybridized carbons (Fsp3) is 0.333. The summed E-state index contributed by atoms with van der Waals surface area (Å²) in [6.07, 6.45) is 2.36. The van der Waals surface area contributed by atoms with Crippen LogP contribution in [0.2, 0.25) is 0 Å². The molecule has 2 aromatic heterocycles. The number of rotatable bonds is 2. The Morgan fingerprint density at radius 2 is 2.00 bits per heavy atom. The van der Waals surface area contributed by atoms with E-state index in [9.17, 15) is 4.79 Å². The quantitative estimate of drug-likeness (QED) is 0.862. The van der Waals surface area contributed by atoms with E-state index < -0.39 is 11.7 Å². The molecule has 0 atom stereocenters. The van der Waals surface area contributed by atoms with E-state index in [0.717, 1.165) is 0 Å². The first-order valence-electron chi connectivity index (χ1n) is 5.88. The number of carbonyl (C=O) groups excluding carboxylic acids is 1. The number of nitrogens with two attached hydrogens (primary N) is 1. The van der Waals surface area contributed by atoms with E-state index in [0.29, 0.717) is 11.3 Å². The minimum atomic E-state index is -0.617. The van der Waals surface area contributed by atoms with Crippen molar-refractivity contribution in [1.82, 2.24) is 15.1 Å². The van der Waals surface area contributed by atoms with Crippen LogP contribution in [0.4, 0.5) is 16.6 Å². The molecule has 2 rings (SSSR count). The largest absolute Gasteiger partial charge is 0.444 e. The molecule has 8 heteroatoms. The van der Waals surface area contributed by atoms with Crippen molar-refractivity contribution in [2.24, 2.45) is 0 Å². The van der Waals surface area contributed by atoms with E-state index in [2.05, 4.69) is 20.4 Å². The summed E-state index contributed by atoms with van der Waals surface area (Å²) in [5.74, 6) is 0.859. The predicted molar refractivity (Wildman–Crippen MR) is 71.8 cm³/mol. The first-order chi connectivity index (χ1) is 9.33. The van der Waals surface area contributed by atoms with Crippen molar-refractivity contribution >= 4 is 17.9 Å². The number of ether oxygens (including phenoxy) is 1. The molecule has 8 nitrogen and oxygen atoms in total. The van der Waals surface area contributed by atoms with Crippen molar-refractivity contribution in [3.8, 4) is 11.3 Å². The molecule has 0 radical (unpaired) electrons. The molecule has 0 aliphatic carbocycles. The first-order valence-corrected chi connectivity index (χ1v) is 5.88. The van der Waals surface area contributed by atoms with Gasteiger partial charge in [0.1, 0.15) is 5.60 Å². The zero-order chi connectivity index (χ0) is 14.8. The summed E-state index contributed by atoms with van der Waals surface area (Å²) in [4.78, 5) is 19.5. The minimum absolute atomic E-state index is 0.135. The number of anilines is 2. The maximum absolute atomic E-state index is 11.5. The van der Waals surface area contributed by atoms with Crippen LogP contribution >= 0.6 is 0 Å². The second-order valence-corrected chi connectivity index (χ2v) is 5.04. The molecule has 106 valence electrons. The molecule has 0 fully saturated rings. The summed E-state index contributed by atoms with van der Waals surface area (Å²) in [6, 6.07) is 1.56. The van der Waals surface area contributed by atoms with E-state index in [1.165, 1.54) is 12.4 Å². The van der Waals surface area contributed by atoms with Crippen LogP contribution in [0, 0.1) is 0 Å². The van der Waals surface area contributed by atoms with Crippen LogP contribution < -0.4 is 11.1 Å². The van der Waals surface area contributed by atoms with Gasteiger partial charge in [-0.1, -0.05) is 5.16 Å². The van der Waals surface area contributed by atoms with Crippen molar-refractivity contribution in [2.45, 2.75) is 26.4 Å². The van der Waals surface area contributed by atoms with Crippen LogP contribution in [0.3, 0.4) is 0 Å². The topological polar surface area (TPSA) is 116 Å². The van der Waals surface area contributed by atoms with Gasteiger partial charge in [0.15, 0.2) is 11.6 Å². The van der Waals surface area contributed by atoms with Crippen molar-refractivity contribution in [3.63, 3.8) is 0 Å². The molecule has 2 heterocycles. The number of hydrogen-bond donors (Lipinski definition) is 2. The molecule has 0 aliphatic heterocycles. The zero-order valence-electron chi connectivity index (χ0n) is 11.4. The number of amides is 1. The van der Waals surface area contributed by atoms with Gasteiger partial charge in [-0.2, -0.15) is 0 Å². The molecular formula is C12H15N5O3. The van der Waals surface area contributed by atoms with E-state index in [1.54, 1.807) is 26.8 Å². The van der Waals surface area contributed by atoms with Crippen molar-refractivity contribution in [1.29, 1.82) is 0 Å². The lowest BCUT2D eigenvalue weighted by molar-refractivity contribution is 0.0634. The average Bonchev–Trinajstić information content (AvgIpc) is 2.74. The van der Waals surface area contributed by atoms with Crippen LogP contribution in [-0.2, 0) is 4.74 Å². The molecule has 0 saturated carbocycles. The number of carbonyl (C=O) groups is 1. The minimum Gasteiger partial charge on any atom is -0.444 e. The van der Waals surface area contributed by atoms with E-state index in [1.807, 2.05) is 0 Å². The van der Waals surface area contributed by atoms with Gasteiger partial charge in [0.05, 0.1) is 5.56 Å². The summed E-state index contributed by atoms with van der Waals surface area (Å²) in [5, 5.41) is 5.99. The van der Waals surface area contributed by atoms with Crippen molar-refractivity contribution in [2.75, 3.05) is 11.1 Å². The summed E-state index contributed by atoms with van der Waals surface area (Å²) >= 11 is 0. The van der Waals surface area contributed by atoms with Gasteiger partial charge < -0.3 is 15.0 Å². The monoisotopic (exact) mass is 277 g/mol. The van der Waals surface area contributed by atoms with Gasteiger partial charge in [0, 0.05) is 18.5 Å². The lowest BCUT2D eigenvalue weighted by Crippen LogP contribution is -2.27. The molecular weight excluding hydrogens is 262 g/mol. The highest BCUT2D eigenvalue weighted by Crippen LogP contribution is 2.20. The Hall–Kier alpha value is -2.64. The standard InChI is InChI=1S/C12H15N5O3/c1-12(2,3)19-11(18)16-10-14-5-7(6-15-10)8-4-9(13)17-20-8/h4-6H,1-3H3,(H2,13,17)(H,14,15,16,18). The highest BCUT2D eigenvalue weighted by atomic mass is 16.6. The van der Waals surface area contributed by atoms with E-state index in [-0.39, 0.29) is 11.8 Å². The Morgan fingerprint density at radius 3 is 2.50 bits per heavy atom. The highest BCUT2D eigenvalue weighted by Gasteiger charge is 2.17. The summed E-state index contributed by atoms with van der Waals surface area (Å²) in [7, 11) is 0. The van der Waals surface area contributed by atoms with Gasteiger partial charge in [-0.15, -0.1) is 0 Å². The third-order valence-corrected chi connectivity index (χ3v) is 2.08. The fourth-order valence-corrected chi connectivity index (χ4v) is 1.34. The van der Waals surface area contributed by atoms with Crippen molar-refractivity contribution < 1.29 is 14.1 Å². The lowest BCUT2D eigenvalue weighted by atomic mass is 10.2. The van der Waals surface area contributed by atoms with Gasteiger partial charge in [0.2, 0.25) is 5.95 Å². The van der Waals surface area contributed by atoms with Gasteiger partial charge in [0.25, 0.3) is 0 Å². The van der Waals surface area contributed by atoms with Gasteiger partial charge in [-0.25, -0.2) is 14.8 Å². The van der Waals surface area contributed by atoms with Crippen molar-refractivity contribution in [3.05, 3.63) is 18.5 Å². The van der Waals surface area contributed by atoms with Crippen LogP contribution in [-0.4, -0.2) is 26.8 Å². The average molecular weight is 277 g/mol. The third-order valence-electron chi connectivity index (χ3n) is 2.08. The zero-order valence-corrected chi connectivity index (χ0v) is 11.4. The maximum atomic E-state index is 11.5. The Kier molecular flexibility index (Phi) is 3.55. The molecule has 3 N–H and O–H groups in total. The predicted octanol–water partition coefficient (Wildman–Crippen LogP) is 2.06. The Morgan fingerprint density at radius 1 is 1.35 bits per heavy atom. The van der Waals surface area contributed by atoms with Crippen LogP contribution in [0.25, 0.3) is 11.3 Å². The number of nitrogens with zero attached hydrogens (tertiary/aromatic N) is 3. The van der Waals surface area contributed by atoms with Gasteiger partial charge >= 0.3 is 6.09 Å². The first kappa shape index (κ1) is 13.8. The normalized spacial score (nSPS) is 11.2. The number of nitrogens with one attached hydrogen (secondary N) is 1. The second kappa shape index (κ2) is 5.16.